The number of nitro groups is 1. The first-order valence-electron chi connectivity index (χ1n) is 8.37. The maximum atomic E-state index is 12.7. The van der Waals surface area contributed by atoms with E-state index in [1.807, 2.05) is 6.92 Å². The van der Waals surface area contributed by atoms with Gasteiger partial charge in [0.25, 0.3) is 5.69 Å². The van der Waals surface area contributed by atoms with Crippen LogP contribution in [0.4, 0.5) is 17.1 Å². The fraction of sp³-hybridized carbons (Fsp3) is 0.278. The van der Waals surface area contributed by atoms with E-state index in [2.05, 4.69) is 5.32 Å². The van der Waals surface area contributed by atoms with Crippen molar-refractivity contribution in [2.75, 3.05) is 15.9 Å². The maximum Gasteiger partial charge on any atom is 0.271 e. The molecule has 0 aromatic heterocycles. The van der Waals surface area contributed by atoms with E-state index in [0.29, 0.717) is 5.69 Å². The fourth-order valence-electron chi connectivity index (χ4n) is 2.65. The van der Waals surface area contributed by atoms with Crippen LogP contribution in [0, 0.1) is 10.1 Å². The number of carbonyl (C=O) groups is 1. The summed E-state index contributed by atoms with van der Waals surface area (Å²) in [5.74, 6) is -0.674. The molecule has 0 saturated carbocycles. The number of anilines is 2. The molecule has 0 radical (unpaired) electrons. The Bertz CT molecular complexity index is 993. The van der Waals surface area contributed by atoms with Gasteiger partial charge in [-0.25, -0.2) is 8.42 Å². The Kier molecular flexibility index (Phi) is 6.63. The Morgan fingerprint density at radius 3 is 2.36 bits per heavy atom. The predicted molar refractivity (Wildman–Crippen MR) is 109 cm³/mol. The zero-order valence-electron chi connectivity index (χ0n) is 15.5. The van der Waals surface area contributed by atoms with E-state index in [9.17, 15) is 23.3 Å². The van der Waals surface area contributed by atoms with Crippen molar-refractivity contribution in [3.63, 3.8) is 0 Å². The van der Waals surface area contributed by atoms with Gasteiger partial charge in [0.2, 0.25) is 15.9 Å². The van der Waals surface area contributed by atoms with Gasteiger partial charge < -0.3 is 5.32 Å². The summed E-state index contributed by atoms with van der Waals surface area (Å²) in [6.07, 6.45) is 1.80. The lowest BCUT2D eigenvalue weighted by molar-refractivity contribution is -0.384. The van der Waals surface area contributed by atoms with Crippen LogP contribution in [0.2, 0.25) is 5.02 Å². The minimum atomic E-state index is -3.77. The largest absolute Gasteiger partial charge is 0.323 e. The lowest BCUT2D eigenvalue weighted by atomic mass is 10.1. The molecule has 0 bridgehead atoms. The molecule has 0 aliphatic heterocycles. The van der Waals surface area contributed by atoms with Crippen LogP contribution in [0.3, 0.4) is 0 Å². The molecule has 150 valence electrons. The van der Waals surface area contributed by atoms with E-state index in [1.54, 1.807) is 24.3 Å². The SMILES string of the molecule is CCc1ccc(N(C(C)C(=O)Nc2cc([N+](=O)[O-])ccc2Cl)S(C)(=O)=O)cc1. The molecular formula is C18H20ClN3O5S. The highest BCUT2D eigenvalue weighted by Gasteiger charge is 2.29. The quantitative estimate of drug-likeness (QED) is 0.538. The molecule has 0 fully saturated rings. The minimum Gasteiger partial charge on any atom is -0.323 e. The molecule has 1 atom stereocenters. The van der Waals surface area contributed by atoms with Crippen LogP contribution in [0.15, 0.2) is 42.5 Å². The number of sulfonamides is 1. The summed E-state index contributed by atoms with van der Waals surface area (Å²) < 4.78 is 25.6. The van der Waals surface area contributed by atoms with E-state index in [-0.39, 0.29) is 16.4 Å². The molecule has 10 heteroatoms. The average Bonchev–Trinajstić information content (AvgIpc) is 2.62. The van der Waals surface area contributed by atoms with Crippen LogP contribution in [-0.4, -0.2) is 31.5 Å². The van der Waals surface area contributed by atoms with E-state index < -0.39 is 26.9 Å². The second-order valence-corrected chi connectivity index (χ2v) is 8.43. The molecular weight excluding hydrogens is 406 g/mol. The lowest BCUT2D eigenvalue weighted by Crippen LogP contribution is -2.45. The van der Waals surface area contributed by atoms with Crippen molar-refractivity contribution in [1.82, 2.24) is 0 Å². The first kappa shape index (κ1) is 21.6. The number of aryl methyl sites for hydroxylation is 1. The Labute approximate surface area is 168 Å². The van der Waals surface area contributed by atoms with Crippen LogP contribution < -0.4 is 9.62 Å². The Morgan fingerprint density at radius 2 is 1.86 bits per heavy atom. The molecule has 2 rings (SSSR count). The third-order valence-corrected chi connectivity index (χ3v) is 5.68. The molecule has 2 aromatic rings. The van der Waals surface area contributed by atoms with E-state index in [1.165, 1.54) is 19.1 Å². The smallest absolute Gasteiger partial charge is 0.271 e. The molecule has 0 spiro atoms. The number of nitrogens with zero attached hydrogens (tertiary/aromatic N) is 2. The van der Waals surface area contributed by atoms with Crippen molar-refractivity contribution in [3.8, 4) is 0 Å². The molecule has 0 aliphatic carbocycles. The highest BCUT2D eigenvalue weighted by molar-refractivity contribution is 7.92. The van der Waals surface area contributed by atoms with E-state index >= 15 is 0 Å². The number of nitrogens with one attached hydrogen (secondary N) is 1. The van der Waals surface area contributed by atoms with Gasteiger partial charge in [-0.15, -0.1) is 0 Å². The van der Waals surface area contributed by atoms with Crippen LogP contribution in [0.1, 0.15) is 19.4 Å². The van der Waals surface area contributed by atoms with E-state index in [4.69, 9.17) is 11.6 Å². The summed E-state index contributed by atoms with van der Waals surface area (Å²) >= 11 is 6.00. The normalized spacial score (nSPS) is 12.3. The van der Waals surface area contributed by atoms with Gasteiger partial charge in [-0.1, -0.05) is 30.7 Å². The summed E-state index contributed by atoms with van der Waals surface area (Å²) in [7, 11) is -3.77. The van der Waals surface area contributed by atoms with Gasteiger partial charge in [0.15, 0.2) is 0 Å². The number of amides is 1. The van der Waals surface area contributed by atoms with Gasteiger partial charge in [-0.05, 0) is 37.1 Å². The zero-order valence-corrected chi connectivity index (χ0v) is 17.1. The van der Waals surface area contributed by atoms with Crippen LogP contribution in [-0.2, 0) is 21.2 Å². The number of nitro benzene ring substituents is 1. The summed E-state index contributed by atoms with van der Waals surface area (Å²) in [4.78, 5) is 23.0. The first-order valence-corrected chi connectivity index (χ1v) is 10.6. The topological polar surface area (TPSA) is 110 Å². The standard InChI is InChI=1S/C18H20ClN3O5S/c1-4-13-5-7-14(8-6-13)21(28(3,26)27)12(2)18(23)20-17-11-15(22(24)25)9-10-16(17)19/h5-12H,4H2,1-3H3,(H,20,23). The number of rotatable bonds is 7. The number of non-ortho nitro benzene ring substituents is 1. The fourth-order valence-corrected chi connectivity index (χ4v) is 3.99. The molecule has 0 aliphatic rings. The maximum absolute atomic E-state index is 12.7. The molecule has 0 saturated heterocycles. The molecule has 0 heterocycles. The Hall–Kier alpha value is -2.65. The van der Waals surface area contributed by atoms with Gasteiger partial charge in [-0.2, -0.15) is 0 Å². The Morgan fingerprint density at radius 1 is 1.25 bits per heavy atom. The van der Waals surface area contributed by atoms with Crippen molar-refractivity contribution in [2.24, 2.45) is 0 Å². The van der Waals surface area contributed by atoms with Gasteiger partial charge in [0, 0.05) is 12.1 Å². The van der Waals surface area contributed by atoms with Gasteiger partial charge in [0.05, 0.1) is 27.6 Å². The number of halogens is 1. The van der Waals surface area contributed by atoms with Crippen molar-refractivity contribution in [1.29, 1.82) is 0 Å². The van der Waals surface area contributed by atoms with Crippen molar-refractivity contribution in [2.45, 2.75) is 26.3 Å². The second kappa shape index (κ2) is 8.57. The zero-order chi connectivity index (χ0) is 21.1. The third-order valence-electron chi connectivity index (χ3n) is 4.11. The van der Waals surface area contributed by atoms with Crippen LogP contribution in [0.5, 0.6) is 0 Å². The van der Waals surface area contributed by atoms with E-state index in [0.717, 1.165) is 28.6 Å². The molecule has 1 N–H and O–H groups in total. The number of carbonyl (C=O) groups excluding carboxylic acids is 1. The highest BCUT2D eigenvalue weighted by Crippen LogP contribution is 2.28. The molecule has 8 nitrogen and oxygen atoms in total. The molecule has 2 aromatic carbocycles. The van der Waals surface area contributed by atoms with Crippen LogP contribution in [0.25, 0.3) is 0 Å². The monoisotopic (exact) mass is 425 g/mol. The predicted octanol–water partition coefficient (Wildman–Crippen LogP) is 3.60. The minimum absolute atomic E-state index is 0.0301. The van der Waals surface area contributed by atoms with Crippen molar-refractivity contribution in [3.05, 3.63) is 63.2 Å². The van der Waals surface area contributed by atoms with Crippen LogP contribution >= 0.6 is 11.6 Å². The summed E-state index contributed by atoms with van der Waals surface area (Å²) in [5.41, 5.74) is 1.15. The summed E-state index contributed by atoms with van der Waals surface area (Å²) in [6.45, 7) is 3.40. The summed E-state index contributed by atoms with van der Waals surface area (Å²) in [5, 5.41) is 13.5. The number of hydrogen-bond acceptors (Lipinski definition) is 5. The van der Waals surface area contributed by atoms with Gasteiger partial charge in [0.1, 0.15) is 6.04 Å². The van der Waals surface area contributed by atoms with Gasteiger partial charge in [-0.3, -0.25) is 19.2 Å². The van der Waals surface area contributed by atoms with Crippen molar-refractivity contribution >= 4 is 44.6 Å². The summed E-state index contributed by atoms with van der Waals surface area (Å²) in [6, 6.07) is 9.34. The molecule has 1 amide bonds. The average molecular weight is 426 g/mol. The second-order valence-electron chi connectivity index (χ2n) is 6.17. The lowest BCUT2D eigenvalue weighted by Gasteiger charge is -2.28. The molecule has 28 heavy (non-hydrogen) atoms. The number of benzene rings is 2. The Balaban J connectivity index is 2.34. The first-order chi connectivity index (χ1) is 13.0. The van der Waals surface area contributed by atoms with Gasteiger partial charge >= 0.3 is 0 Å². The van der Waals surface area contributed by atoms with Crippen molar-refractivity contribution < 1.29 is 18.1 Å². The number of hydrogen-bond donors (Lipinski definition) is 1. The third kappa shape index (κ3) is 4.99. The molecule has 1 unspecified atom stereocenters. The highest BCUT2D eigenvalue weighted by atomic mass is 35.5.